The number of hydrogen-bond donors (Lipinski definition) is 2. The van der Waals surface area contributed by atoms with Crippen LogP contribution in [0.1, 0.15) is 33.3 Å². The Morgan fingerprint density at radius 1 is 1.21 bits per heavy atom. The molecule has 0 aliphatic rings. The molecule has 3 aromatic rings. The van der Waals surface area contributed by atoms with E-state index < -0.39 is 24.1 Å². The maximum atomic E-state index is 13.9. The van der Waals surface area contributed by atoms with Crippen LogP contribution >= 0.6 is 0 Å². The summed E-state index contributed by atoms with van der Waals surface area (Å²) < 4.78 is 34.7. The number of nitrogens with two attached hydrogens (primary N) is 1. The molecule has 0 spiro atoms. The van der Waals surface area contributed by atoms with E-state index >= 15 is 0 Å². The topological polar surface area (TPSA) is 112 Å². The number of primary amides is 1. The second-order valence-corrected chi connectivity index (χ2v) is 5.94. The monoisotopic (exact) mass is 401 g/mol. The van der Waals surface area contributed by atoms with Crippen LogP contribution in [0.3, 0.4) is 0 Å². The minimum atomic E-state index is -0.772. The van der Waals surface area contributed by atoms with Gasteiger partial charge in [0.1, 0.15) is 29.7 Å². The summed E-state index contributed by atoms with van der Waals surface area (Å²) in [6.45, 7) is 1.76. The number of benzene rings is 2. The zero-order valence-corrected chi connectivity index (χ0v) is 15.4. The Labute approximate surface area is 164 Å². The van der Waals surface area contributed by atoms with E-state index in [-0.39, 0.29) is 28.5 Å². The van der Waals surface area contributed by atoms with E-state index in [2.05, 4.69) is 15.6 Å². The van der Waals surface area contributed by atoms with E-state index in [1.165, 1.54) is 35.1 Å². The Balaban J connectivity index is 1.99. The van der Waals surface area contributed by atoms with Crippen molar-refractivity contribution in [1.82, 2.24) is 20.3 Å². The number of nitrogens with zero attached hydrogens (tertiary/aromatic N) is 3. The van der Waals surface area contributed by atoms with E-state index in [0.717, 1.165) is 12.1 Å². The van der Waals surface area contributed by atoms with Crippen LogP contribution in [-0.2, 0) is 6.61 Å². The molecule has 1 heterocycles. The lowest BCUT2D eigenvalue weighted by Gasteiger charge is -2.14. The Hall–Kier alpha value is -3.82. The van der Waals surface area contributed by atoms with Crippen LogP contribution in [0.4, 0.5) is 8.78 Å². The summed E-state index contributed by atoms with van der Waals surface area (Å²) in [6.07, 6.45) is 1.28. The Bertz CT molecular complexity index is 1050. The molecule has 10 heteroatoms. The second-order valence-electron chi connectivity index (χ2n) is 5.94. The molecule has 1 aromatic heterocycles. The van der Waals surface area contributed by atoms with Crippen LogP contribution in [0.15, 0.2) is 42.6 Å². The Kier molecular flexibility index (Phi) is 5.82. The molecule has 3 rings (SSSR count). The predicted octanol–water partition coefficient (Wildman–Crippen LogP) is 1.97. The number of amides is 2. The van der Waals surface area contributed by atoms with Gasteiger partial charge in [0, 0.05) is 12.1 Å². The first-order valence-electron chi connectivity index (χ1n) is 8.61. The molecule has 29 heavy (non-hydrogen) atoms. The predicted molar refractivity (Wildman–Crippen MR) is 98.6 cm³/mol. The second kappa shape index (κ2) is 8.46. The summed E-state index contributed by atoms with van der Waals surface area (Å²) in [5.41, 5.74) is 5.41. The van der Waals surface area contributed by atoms with Gasteiger partial charge in [-0.3, -0.25) is 9.59 Å². The van der Waals surface area contributed by atoms with Crippen LogP contribution in [0.2, 0.25) is 0 Å². The average molecular weight is 401 g/mol. The SMILES string of the molecule is CCNC(=O)c1ccc(-n2cc(C(N)=O)nn2)c(OCc2c(F)cccc2F)c1. The van der Waals surface area contributed by atoms with Gasteiger partial charge < -0.3 is 15.8 Å². The van der Waals surface area contributed by atoms with Crippen LogP contribution < -0.4 is 15.8 Å². The average Bonchev–Trinajstić information content (AvgIpc) is 3.18. The van der Waals surface area contributed by atoms with E-state index in [1.807, 2.05) is 0 Å². The fraction of sp³-hybridized carbons (Fsp3) is 0.158. The minimum Gasteiger partial charge on any atom is -0.486 e. The lowest BCUT2D eigenvalue weighted by atomic mass is 10.1. The van der Waals surface area contributed by atoms with E-state index in [9.17, 15) is 18.4 Å². The molecular weight excluding hydrogens is 384 g/mol. The highest BCUT2D eigenvalue weighted by atomic mass is 19.1. The standard InChI is InChI=1S/C19H17F2N5O3/c1-2-23-19(28)11-6-7-16(26-9-15(18(22)27)24-25-26)17(8-11)29-10-12-13(20)4-3-5-14(12)21/h3-9H,2,10H2,1H3,(H2,22,27)(H,23,28). The first-order valence-corrected chi connectivity index (χ1v) is 8.61. The number of hydrogen-bond acceptors (Lipinski definition) is 5. The molecule has 150 valence electrons. The first-order chi connectivity index (χ1) is 13.9. The van der Waals surface area contributed by atoms with Crippen molar-refractivity contribution >= 4 is 11.8 Å². The number of halogens is 2. The third kappa shape index (κ3) is 4.37. The molecular formula is C19H17F2N5O3. The van der Waals surface area contributed by atoms with Gasteiger partial charge in [-0.15, -0.1) is 5.10 Å². The summed E-state index contributed by atoms with van der Waals surface area (Å²) in [6, 6.07) is 7.91. The molecule has 0 fully saturated rings. The van der Waals surface area contributed by atoms with Crippen LogP contribution in [0.25, 0.3) is 5.69 Å². The van der Waals surface area contributed by atoms with E-state index in [1.54, 1.807) is 6.92 Å². The van der Waals surface area contributed by atoms with Crippen LogP contribution in [0.5, 0.6) is 5.75 Å². The van der Waals surface area contributed by atoms with Crippen molar-refractivity contribution < 1.29 is 23.1 Å². The fourth-order valence-corrected chi connectivity index (χ4v) is 2.54. The van der Waals surface area contributed by atoms with Gasteiger partial charge in [0.2, 0.25) is 0 Å². The Morgan fingerprint density at radius 2 is 1.93 bits per heavy atom. The van der Waals surface area contributed by atoms with Crippen molar-refractivity contribution in [3.63, 3.8) is 0 Å². The Morgan fingerprint density at radius 3 is 2.55 bits per heavy atom. The summed E-state index contributed by atoms with van der Waals surface area (Å²) >= 11 is 0. The lowest BCUT2D eigenvalue weighted by molar-refractivity contribution is 0.0953. The zero-order chi connectivity index (χ0) is 21.0. The molecule has 0 saturated heterocycles. The largest absolute Gasteiger partial charge is 0.486 e. The first kappa shape index (κ1) is 19.9. The van der Waals surface area contributed by atoms with Gasteiger partial charge in [0.25, 0.3) is 11.8 Å². The summed E-state index contributed by atoms with van der Waals surface area (Å²) in [7, 11) is 0. The van der Waals surface area contributed by atoms with Gasteiger partial charge in [-0.25, -0.2) is 13.5 Å². The highest BCUT2D eigenvalue weighted by Crippen LogP contribution is 2.26. The van der Waals surface area contributed by atoms with E-state index in [4.69, 9.17) is 10.5 Å². The van der Waals surface area contributed by atoms with Crippen molar-refractivity contribution in [2.45, 2.75) is 13.5 Å². The highest BCUT2D eigenvalue weighted by molar-refractivity contribution is 5.95. The van der Waals surface area contributed by atoms with Gasteiger partial charge in [-0.1, -0.05) is 11.3 Å². The van der Waals surface area contributed by atoms with Gasteiger partial charge >= 0.3 is 0 Å². The zero-order valence-electron chi connectivity index (χ0n) is 15.4. The van der Waals surface area contributed by atoms with Gasteiger partial charge in [0.05, 0.1) is 11.8 Å². The molecule has 0 radical (unpaired) electrons. The molecule has 0 unspecified atom stereocenters. The smallest absolute Gasteiger partial charge is 0.270 e. The maximum Gasteiger partial charge on any atom is 0.270 e. The molecule has 8 nitrogen and oxygen atoms in total. The normalized spacial score (nSPS) is 10.6. The van der Waals surface area contributed by atoms with Crippen molar-refractivity contribution in [1.29, 1.82) is 0 Å². The maximum absolute atomic E-state index is 13.9. The molecule has 0 saturated carbocycles. The summed E-state index contributed by atoms with van der Waals surface area (Å²) in [5.74, 6) is -2.53. The van der Waals surface area contributed by atoms with Crippen LogP contribution in [-0.4, -0.2) is 33.4 Å². The number of aromatic nitrogens is 3. The minimum absolute atomic E-state index is 0.0797. The third-order valence-corrected chi connectivity index (χ3v) is 3.99. The van der Waals surface area contributed by atoms with Gasteiger partial charge in [-0.05, 0) is 37.3 Å². The molecule has 0 aliphatic carbocycles. The lowest BCUT2D eigenvalue weighted by Crippen LogP contribution is -2.22. The molecule has 0 bridgehead atoms. The quantitative estimate of drug-likeness (QED) is 0.629. The highest BCUT2D eigenvalue weighted by Gasteiger charge is 2.16. The molecule has 2 amide bonds. The van der Waals surface area contributed by atoms with Gasteiger partial charge in [-0.2, -0.15) is 0 Å². The number of rotatable bonds is 7. The summed E-state index contributed by atoms with van der Waals surface area (Å²) in [5, 5.41) is 10.1. The van der Waals surface area contributed by atoms with Gasteiger partial charge in [0.15, 0.2) is 5.69 Å². The van der Waals surface area contributed by atoms with Crippen molar-refractivity contribution in [2.24, 2.45) is 5.73 Å². The fourth-order valence-electron chi connectivity index (χ4n) is 2.54. The molecule has 3 N–H and O–H groups in total. The number of ether oxygens (including phenoxy) is 1. The van der Waals surface area contributed by atoms with Crippen molar-refractivity contribution in [3.05, 3.63) is 71.1 Å². The van der Waals surface area contributed by atoms with E-state index in [0.29, 0.717) is 12.2 Å². The number of carbonyl (C=O) groups excluding carboxylic acids is 2. The van der Waals surface area contributed by atoms with Crippen molar-refractivity contribution in [3.8, 4) is 11.4 Å². The molecule has 2 aromatic carbocycles. The molecule has 0 aliphatic heterocycles. The van der Waals surface area contributed by atoms with Crippen molar-refractivity contribution in [2.75, 3.05) is 6.54 Å². The number of nitrogens with one attached hydrogen (secondary N) is 1. The molecule has 0 atom stereocenters. The van der Waals surface area contributed by atoms with Crippen LogP contribution in [0, 0.1) is 11.6 Å². The third-order valence-electron chi connectivity index (χ3n) is 3.99. The summed E-state index contributed by atoms with van der Waals surface area (Å²) in [4.78, 5) is 23.4. The number of carbonyl (C=O) groups is 2.